The molecule has 0 radical (unpaired) electrons. The molecule has 0 saturated carbocycles. The Morgan fingerprint density at radius 2 is 2.00 bits per heavy atom. The van der Waals surface area contributed by atoms with E-state index >= 15 is 0 Å². The second-order valence-corrected chi connectivity index (χ2v) is 3.63. The fourth-order valence-electron chi connectivity index (χ4n) is 1.16. The van der Waals surface area contributed by atoms with Crippen LogP contribution in [0.15, 0.2) is 24.3 Å². The lowest BCUT2D eigenvalue weighted by molar-refractivity contribution is -0.434. The van der Waals surface area contributed by atoms with Crippen LogP contribution in [0.5, 0.6) is 0 Å². The van der Waals surface area contributed by atoms with E-state index in [4.69, 9.17) is 9.44 Å². The van der Waals surface area contributed by atoms with Gasteiger partial charge in [0.05, 0.1) is 6.61 Å². The van der Waals surface area contributed by atoms with Gasteiger partial charge in [0.25, 0.3) is 0 Å². The number of hydrogen-bond acceptors (Lipinski definition) is 5. The quantitative estimate of drug-likeness (QED) is 0.338. The lowest BCUT2D eigenvalue weighted by Gasteiger charge is -2.01. The maximum absolute atomic E-state index is 7.80. The largest absolute Gasteiger partial charge is 0.289 e. The van der Waals surface area contributed by atoms with Crippen molar-refractivity contribution in [2.24, 2.45) is 0 Å². The van der Waals surface area contributed by atoms with Gasteiger partial charge in [0.1, 0.15) is 0 Å². The topological polar surface area (TPSA) is 47.9 Å². The summed E-state index contributed by atoms with van der Waals surface area (Å²) in [7, 11) is 0. The fraction of sp³-hybridized carbons (Fsp3) is 0.400. The average molecular weight is 230 g/mol. The van der Waals surface area contributed by atoms with Crippen LogP contribution >= 0.6 is 12.3 Å². The van der Waals surface area contributed by atoms with Crippen LogP contribution in [0.1, 0.15) is 17.5 Å². The van der Waals surface area contributed by atoms with Gasteiger partial charge in [-0.1, -0.05) is 34.9 Å². The predicted octanol–water partition coefficient (Wildman–Crippen LogP) is 2.93. The molecule has 84 valence electrons. The SMILES string of the molecule is Cc1ccc(CCCOSOOO)cc1. The van der Waals surface area contributed by atoms with Crippen LogP contribution in [0.4, 0.5) is 0 Å². The van der Waals surface area contributed by atoms with Crippen LogP contribution in [0.2, 0.25) is 0 Å². The molecule has 0 spiro atoms. The monoisotopic (exact) mass is 230 g/mol. The van der Waals surface area contributed by atoms with E-state index in [1.165, 1.54) is 11.1 Å². The van der Waals surface area contributed by atoms with E-state index in [0.717, 1.165) is 12.8 Å². The number of aryl methyl sites for hydroxylation is 2. The third kappa shape index (κ3) is 5.76. The first-order chi connectivity index (χ1) is 7.33. The number of benzene rings is 1. The molecule has 1 rings (SSSR count). The number of hydrogen-bond donors (Lipinski definition) is 1. The Bertz CT molecular complexity index is 263. The summed E-state index contributed by atoms with van der Waals surface area (Å²) in [6.45, 7) is 2.61. The molecule has 15 heavy (non-hydrogen) atoms. The normalized spacial score (nSPS) is 10.5. The van der Waals surface area contributed by atoms with Crippen molar-refractivity contribution in [2.75, 3.05) is 6.61 Å². The molecular weight excluding hydrogens is 216 g/mol. The summed E-state index contributed by atoms with van der Waals surface area (Å²) >= 11 is 0.619. The maximum atomic E-state index is 7.80. The van der Waals surface area contributed by atoms with E-state index in [0.29, 0.717) is 18.9 Å². The van der Waals surface area contributed by atoms with Gasteiger partial charge in [-0.05, 0) is 25.3 Å². The minimum atomic E-state index is 0.544. The summed E-state index contributed by atoms with van der Waals surface area (Å²) in [4.78, 5) is 0. The van der Waals surface area contributed by atoms with Gasteiger partial charge in [0, 0.05) is 0 Å². The van der Waals surface area contributed by atoms with Crippen molar-refractivity contribution < 1.29 is 18.8 Å². The molecule has 5 heteroatoms. The second-order valence-electron chi connectivity index (χ2n) is 3.12. The minimum absolute atomic E-state index is 0.544. The standard InChI is InChI=1S/C10H14O4S/c1-9-4-6-10(7-5-9)3-2-8-12-15-14-13-11/h4-7,11H,2-3,8H2,1H3. The zero-order valence-corrected chi connectivity index (χ0v) is 9.33. The summed E-state index contributed by atoms with van der Waals surface area (Å²) in [6, 6.07) is 8.40. The molecular formula is C10H14O4S. The minimum Gasteiger partial charge on any atom is -0.289 e. The fourth-order valence-corrected chi connectivity index (χ4v) is 1.41. The molecule has 0 aliphatic rings. The molecule has 0 aromatic heterocycles. The van der Waals surface area contributed by atoms with Crippen molar-refractivity contribution in [3.63, 3.8) is 0 Å². The van der Waals surface area contributed by atoms with Crippen molar-refractivity contribution >= 4 is 12.3 Å². The Morgan fingerprint density at radius 1 is 1.27 bits per heavy atom. The van der Waals surface area contributed by atoms with E-state index in [1.54, 1.807) is 0 Å². The average Bonchev–Trinajstić information content (AvgIpc) is 2.26. The van der Waals surface area contributed by atoms with Crippen molar-refractivity contribution in [1.29, 1.82) is 0 Å². The third-order valence-corrected chi connectivity index (χ3v) is 2.30. The van der Waals surface area contributed by atoms with Gasteiger partial charge in [-0.2, -0.15) is 0 Å². The van der Waals surface area contributed by atoms with Crippen molar-refractivity contribution in [2.45, 2.75) is 19.8 Å². The third-order valence-electron chi connectivity index (χ3n) is 1.92. The maximum Gasteiger partial charge on any atom is 0.197 e. The zero-order valence-electron chi connectivity index (χ0n) is 8.51. The van der Waals surface area contributed by atoms with Gasteiger partial charge in [-0.15, -0.1) is 4.33 Å². The lowest BCUT2D eigenvalue weighted by atomic mass is 10.1. The molecule has 0 aliphatic carbocycles. The zero-order chi connectivity index (χ0) is 10.9. The Kier molecular flexibility index (Phi) is 6.38. The molecule has 0 heterocycles. The summed E-state index contributed by atoms with van der Waals surface area (Å²) in [6.07, 6.45) is 1.85. The van der Waals surface area contributed by atoms with E-state index in [-0.39, 0.29) is 0 Å². The number of rotatable bonds is 7. The molecule has 0 bridgehead atoms. The Morgan fingerprint density at radius 3 is 2.67 bits per heavy atom. The summed E-state index contributed by atoms with van der Waals surface area (Å²) in [5, 5.41) is 11.2. The van der Waals surface area contributed by atoms with Crippen LogP contribution in [0.25, 0.3) is 0 Å². The molecule has 0 aliphatic heterocycles. The predicted molar refractivity (Wildman–Crippen MR) is 57.8 cm³/mol. The molecule has 0 unspecified atom stereocenters. The molecule has 4 nitrogen and oxygen atoms in total. The Balaban J connectivity index is 2.07. The van der Waals surface area contributed by atoms with Crippen molar-refractivity contribution in [1.82, 2.24) is 0 Å². The molecule has 0 saturated heterocycles. The second kappa shape index (κ2) is 7.67. The van der Waals surface area contributed by atoms with Gasteiger partial charge in [0.15, 0.2) is 12.3 Å². The first-order valence-electron chi connectivity index (χ1n) is 4.65. The Labute approximate surface area is 93.4 Å². The smallest absolute Gasteiger partial charge is 0.197 e. The summed E-state index contributed by atoms with van der Waals surface area (Å²) in [5.41, 5.74) is 2.55. The summed E-state index contributed by atoms with van der Waals surface area (Å²) in [5.74, 6) is 0. The van der Waals surface area contributed by atoms with Crippen LogP contribution in [-0.4, -0.2) is 11.9 Å². The molecule has 1 aromatic rings. The highest BCUT2D eigenvalue weighted by atomic mass is 32.2. The van der Waals surface area contributed by atoms with Crippen LogP contribution in [0.3, 0.4) is 0 Å². The first-order valence-corrected chi connectivity index (χ1v) is 5.31. The van der Waals surface area contributed by atoms with Crippen LogP contribution in [-0.2, 0) is 20.0 Å². The molecule has 0 amide bonds. The molecule has 1 aromatic carbocycles. The highest BCUT2D eigenvalue weighted by molar-refractivity contribution is 7.89. The van der Waals surface area contributed by atoms with Gasteiger partial charge >= 0.3 is 0 Å². The van der Waals surface area contributed by atoms with E-state index < -0.39 is 0 Å². The highest BCUT2D eigenvalue weighted by Gasteiger charge is 1.94. The van der Waals surface area contributed by atoms with Crippen LogP contribution < -0.4 is 0 Å². The van der Waals surface area contributed by atoms with Crippen molar-refractivity contribution in [3.8, 4) is 0 Å². The van der Waals surface area contributed by atoms with Gasteiger partial charge in [-0.25, -0.2) is 5.26 Å². The van der Waals surface area contributed by atoms with Crippen LogP contribution in [0, 0.1) is 6.92 Å². The molecule has 0 fully saturated rings. The van der Waals surface area contributed by atoms with Crippen molar-refractivity contribution in [3.05, 3.63) is 35.4 Å². The van der Waals surface area contributed by atoms with Gasteiger partial charge < -0.3 is 0 Å². The highest BCUT2D eigenvalue weighted by Crippen LogP contribution is 2.08. The van der Waals surface area contributed by atoms with Gasteiger partial charge in [-0.3, -0.25) is 4.18 Å². The van der Waals surface area contributed by atoms with E-state index in [1.807, 2.05) is 0 Å². The van der Waals surface area contributed by atoms with Gasteiger partial charge in [0.2, 0.25) is 0 Å². The Hall–Kier alpha value is -0.590. The summed E-state index contributed by atoms with van der Waals surface area (Å²) < 4.78 is 8.98. The first kappa shape index (κ1) is 12.5. The van der Waals surface area contributed by atoms with E-state index in [2.05, 4.69) is 40.6 Å². The molecule has 0 atom stereocenters. The lowest BCUT2D eigenvalue weighted by Crippen LogP contribution is -1.92. The van der Waals surface area contributed by atoms with E-state index in [9.17, 15) is 0 Å². The molecule has 1 N–H and O–H groups in total.